The molecule has 1 aliphatic rings. The predicted molar refractivity (Wildman–Crippen MR) is 82.7 cm³/mol. The maximum Gasteiger partial charge on any atom is 0.254 e. The molecule has 3 rings (SSSR count). The summed E-state index contributed by atoms with van der Waals surface area (Å²) in [7, 11) is 0. The van der Waals surface area contributed by atoms with Crippen molar-refractivity contribution in [3.63, 3.8) is 0 Å². The number of nitrogens with zero attached hydrogens (tertiary/aromatic N) is 4. The van der Waals surface area contributed by atoms with E-state index in [2.05, 4.69) is 24.8 Å². The largest absolute Gasteiger partial charge is 0.347 e. The number of nitrogens with one attached hydrogen (secondary N) is 1. The molecular weight excluding hydrogens is 278 g/mol. The van der Waals surface area contributed by atoms with Crippen molar-refractivity contribution in [2.75, 3.05) is 0 Å². The summed E-state index contributed by atoms with van der Waals surface area (Å²) in [6.07, 6.45) is 7.21. The Morgan fingerprint density at radius 2 is 2.23 bits per heavy atom. The van der Waals surface area contributed by atoms with Gasteiger partial charge in [-0.3, -0.25) is 4.79 Å². The van der Waals surface area contributed by atoms with Gasteiger partial charge in [0.05, 0.1) is 11.3 Å². The molecule has 6 heteroatoms. The van der Waals surface area contributed by atoms with Gasteiger partial charge in [0.15, 0.2) is 0 Å². The van der Waals surface area contributed by atoms with Crippen LogP contribution >= 0.6 is 0 Å². The van der Waals surface area contributed by atoms with Crippen LogP contribution in [0, 0.1) is 6.92 Å². The summed E-state index contributed by atoms with van der Waals surface area (Å²) in [5.74, 6) is 1.89. The molecular formula is C16H21N5O. The second-order valence-corrected chi connectivity index (χ2v) is 6.08. The zero-order valence-corrected chi connectivity index (χ0v) is 13.2. The highest BCUT2D eigenvalue weighted by Crippen LogP contribution is 2.18. The monoisotopic (exact) mass is 299 g/mol. The average Bonchev–Trinajstić information content (AvgIpc) is 2.94. The second-order valence-electron chi connectivity index (χ2n) is 6.08. The summed E-state index contributed by atoms with van der Waals surface area (Å²) < 4.78 is 2.10. The van der Waals surface area contributed by atoms with Gasteiger partial charge < -0.3 is 9.88 Å². The van der Waals surface area contributed by atoms with Gasteiger partial charge in [0.25, 0.3) is 5.91 Å². The lowest BCUT2D eigenvalue weighted by molar-refractivity contribution is 0.0925. The van der Waals surface area contributed by atoms with Crippen LogP contribution in [0.5, 0.6) is 0 Å². The van der Waals surface area contributed by atoms with E-state index in [0.29, 0.717) is 11.4 Å². The van der Waals surface area contributed by atoms with E-state index in [9.17, 15) is 4.79 Å². The Kier molecular flexibility index (Phi) is 3.92. The Morgan fingerprint density at radius 1 is 1.41 bits per heavy atom. The molecule has 22 heavy (non-hydrogen) atoms. The zero-order valence-electron chi connectivity index (χ0n) is 13.2. The number of carbonyl (C=O) groups excluding carboxylic acids is 1. The molecule has 0 saturated carbocycles. The van der Waals surface area contributed by atoms with Crippen molar-refractivity contribution in [2.45, 2.75) is 52.1 Å². The van der Waals surface area contributed by atoms with Gasteiger partial charge in [0.1, 0.15) is 11.6 Å². The van der Waals surface area contributed by atoms with Gasteiger partial charge >= 0.3 is 0 Å². The molecule has 0 aromatic carbocycles. The fourth-order valence-corrected chi connectivity index (χ4v) is 2.85. The van der Waals surface area contributed by atoms with Gasteiger partial charge in [0.2, 0.25) is 0 Å². The van der Waals surface area contributed by atoms with Gasteiger partial charge in [0, 0.05) is 37.6 Å². The van der Waals surface area contributed by atoms with E-state index in [-0.39, 0.29) is 17.9 Å². The zero-order chi connectivity index (χ0) is 15.7. The summed E-state index contributed by atoms with van der Waals surface area (Å²) in [6.45, 7) is 6.69. The topological polar surface area (TPSA) is 72.7 Å². The molecule has 1 aliphatic heterocycles. The number of fused-ring (bicyclic) bond motifs is 1. The predicted octanol–water partition coefficient (Wildman–Crippen LogP) is 1.85. The van der Waals surface area contributed by atoms with Crippen LogP contribution in [0.3, 0.4) is 0 Å². The Balaban J connectivity index is 1.76. The normalized spacial score (nSPS) is 17.4. The highest BCUT2D eigenvalue weighted by Gasteiger charge is 2.23. The molecule has 0 bridgehead atoms. The van der Waals surface area contributed by atoms with Crippen LogP contribution in [0.4, 0.5) is 0 Å². The molecule has 0 radical (unpaired) electrons. The minimum atomic E-state index is -0.0859. The molecule has 0 aliphatic carbocycles. The first-order chi connectivity index (χ1) is 10.5. The first kappa shape index (κ1) is 14.7. The van der Waals surface area contributed by atoms with Crippen molar-refractivity contribution in [2.24, 2.45) is 0 Å². The molecule has 1 amide bonds. The van der Waals surface area contributed by atoms with Gasteiger partial charge in [-0.1, -0.05) is 13.8 Å². The Labute approximate surface area is 130 Å². The van der Waals surface area contributed by atoms with E-state index < -0.39 is 0 Å². The lowest BCUT2D eigenvalue weighted by atomic mass is 10.0. The molecule has 0 spiro atoms. The lowest BCUT2D eigenvalue weighted by Crippen LogP contribution is -2.41. The van der Waals surface area contributed by atoms with Gasteiger partial charge in [-0.05, 0) is 19.3 Å². The van der Waals surface area contributed by atoms with Gasteiger partial charge in [-0.2, -0.15) is 0 Å². The standard InChI is InChI=1S/C16H21N5O/c1-10(2)15-13(8-18-11(3)19-15)16(22)20-12-4-5-14-17-6-7-21(14)9-12/h6-8,10,12H,4-5,9H2,1-3H3,(H,20,22)/t12-/m1/s1. The first-order valence-electron chi connectivity index (χ1n) is 7.69. The molecule has 2 aromatic heterocycles. The number of imidazole rings is 1. The average molecular weight is 299 g/mol. The van der Waals surface area contributed by atoms with E-state index in [0.717, 1.165) is 30.9 Å². The number of hydrogen-bond donors (Lipinski definition) is 1. The summed E-state index contributed by atoms with van der Waals surface area (Å²) in [6, 6.07) is 0.121. The fraction of sp³-hybridized carbons (Fsp3) is 0.500. The van der Waals surface area contributed by atoms with Crippen LogP contribution in [0.25, 0.3) is 0 Å². The van der Waals surface area contributed by atoms with Gasteiger partial charge in [-0.25, -0.2) is 15.0 Å². The molecule has 2 aromatic rings. The van der Waals surface area contributed by atoms with Crippen LogP contribution in [-0.2, 0) is 13.0 Å². The Morgan fingerprint density at radius 3 is 3.00 bits per heavy atom. The van der Waals surface area contributed by atoms with Crippen LogP contribution in [-0.4, -0.2) is 31.5 Å². The molecule has 1 atom stereocenters. The molecule has 0 saturated heterocycles. The van der Waals surface area contributed by atoms with Crippen LogP contribution < -0.4 is 5.32 Å². The number of hydrogen-bond acceptors (Lipinski definition) is 4. The SMILES string of the molecule is Cc1ncc(C(=O)N[C@@H]2CCc3nccn3C2)c(C(C)C)n1. The molecule has 116 valence electrons. The summed E-state index contributed by atoms with van der Waals surface area (Å²) in [4.78, 5) is 25.5. The summed E-state index contributed by atoms with van der Waals surface area (Å²) >= 11 is 0. The number of aryl methyl sites for hydroxylation is 2. The quantitative estimate of drug-likeness (QED) is 0.938. The Hall–Kier alpha value is -2.24. The number of amides is 1. The van der Waals surface area contributed by atoms with E-state index in [1.54, 1.807) is 6.20 Å². The summed E-state index contributed by atoms with van der Waals surface area (Å²) in [5.41, 5.74) is 1.39. The maximum absolute atomic E-state index is 12.6. The minimum Gasteiger partial charge on any atom is -0.347 e. The molecule has 6 nitrogen and oxygen atoms in total. The third kappa shape index (κ3) is 2.86. The van der Waals surface area contributed by atoms with Crippen molar-refractivity contribution < 1.29 is 4.79 Å². The van der Waals surface area contributed by atoms with Crippen LogP contribution in [0.15, 0.2) is 18.6 Å². The number of carbonyl (C=O) groups is 1. The van der Waals surface area contributed by atoms with Gasteiger partial charge in [-0.15, -0.1) is 0 Å². The number of rotatable bonds is 3. The molecule has 3 heterocycles. The first-order valence-corrected chi connectivity index (χ1v) is 7.69. The third-order valence-electron chi connectivity index (χ3n) is 4.00. The highest BCUT2D eigenvalue weighted by atomic mass is 16.1. The highest BCUT2D eigenvalue weighted by molar-refractivity contribution is 5.95. The third-order valence-corrected chi connectivity index (χ3v) is 4.00. The van der Waals surface area contributed by atoms with E-state index in [1.165, 1.54) is 0 Å². The minimum absolute atomic E-state index is 0.0859. The van der Waals surface area contributed by atoms with E-state index in [1.807, 2.05) is 33.2 Å². The van der Waals surface area contributed by atoms with Crippen molar-refractivity contribution in [3.8, 4) is 0 Å². The van der Waals surface area contributed by atoms with Crippen LogP contribution in [0.1, 0.15) is 53.9 Å². The molecule has 0 unspecified atom stereocenters. The number of aromatic nitrogens is 4. The van der Waals surface area contributed by atoms with Crippen LogP contribution in [0.2, 0.25) is 0 Å². The fourth-order valence-electron chi connectivity index (χ4n) is 2.85. The van der Waals surface area contributed by atoms with E-state index in [4.69, 9.17) is 0 Å². The lowest BCUT2D eigenvalue weighted by Gasteiger charge is -2.25. The van der Waals surface area contributed by atoms with Crippen molar-refractivity contribution >= 4 is 5.91 Å². The Bertz CT molecular complexity index is 692. The smallest absolute Gasteiger partial charge is 0.254 e. The summed E-state index contributed by atoms with van der Waals surface area (Å²) in [5, 5.41) is 3.11. The molecule has 1 N–H and O–H groups in total. The maximum atomic E-state index is 12.6. The second kappa shape index (κ2) is 5.87. The van der Waals surface area contributed by atoms with E-state index >= 15 is 0 Å². The van der Waals surface area contributed by atoms with Crippen molar-refractivity contribution in [3.05, 3.63) is 41.5 Å². The van der Waals surface area contributed by atoms with Crippen molar-refractivity contribution in [1.82, 2.24) is 24.8 Å². The molecule has 0 fully saturated rings. The van der Waals surface area contributed by atoms with Crippen molar-refractivity contribution in [1.29, 1.82) is 0 Å².